The first-order chi connectivity index (χ1) is 10.7. The van der Waals surface area contributed by atoms with Gasteiger partial charge in [-0.05, 0) is 43.4 Å². The average Bonchev–Trinajstić information content (AvgIpc) is 3.17. The molecule has 6 heteroatoms. The molecule has 0 saturated carbocycles. The van der Waals surface area contributed by atoms with Gasteiger partial charge in [-0.1, -0.05) is 0 Å². The Morgan fingerprint density at radius 2 is 2.23 bits per heavy atom. The first-order valence-corrected chi connectivity index (χ1v) is 8.22. The molecule has 0 bridgehead atoms. The van der Waals surface area contributed by atoms with Crippen LogP contribution in [0.15, 0.2) is 29.5 Å². The van der Waals surface area contributed by atoms with E-state index >= 15 is 0 Å². The largest absolute Gasteiger partial charge is 0.359 e. The lowest BCUT2D eigenvalue weighted by atomic mass is 9.97. The van der Waals surface area contributed by atoms with E-state index in [0.717, 1.165) is 35.0 Å². The maximum atomic E-state index is 12.7. The van der Waals surface area contributed by atoms with Gasteiger partial charge < -0.3 is 4.98 Å². The van der Waals surface area contributed by atoms with Crippen LogP contribution in [0.2, 0.25) is 0 Å². The third-order valence-electron chi connectivity index (χ3n) is 4.15. The summed E-state index contributed by atoms with van der Waals surface area (Å²) in [4.78, 5) is 34.3. The normalized spacial score (nSPS) is 14.2. The second-order valence-corrected chi connectivity index (χ2v) is 6.66. The molecular weight excluding hydrogens is 298 g/mol. The van der Waals surface area contributed by atoms with Crippen molar-refractivity contribution >= 4 is 27.3 Å². The number of carbonyl (C=O) groups is 1. The van der Waals surface area contributed by atoms with E-state index in [-0.39, 0.29) is 17.9 Å². The number of thiophene rings is 1. The third kappa shape index (κ3) is 2.11. The van der Waals surface area contributed by atoms with Crippen LogP contribution in [0.4, 0.5) is 0 Å². The number of rotatable bonds is 3. The molecular formula is C16H15N3O2S. The number of carbonyl (C=O) groups excluding carboxylic acids is 1. The van der Waals surface area contributed by atoms with E-state index in [2.05, 4.69) is 9.97 Å². The molecule has 0 saturated heterocycles. The number of hydrogen-bond donors (Lipinski definition) is 1. The maximum absolute atomic E-state index is 12.7. The van der Waals surface area contributed by atoms with Gasteiger partial charge in [0.15, 0.2) is 5.78 Å². The van der Waals surface area contributed by atoms with Crippen LogP contribution in [0.3, 0.4) is 0 Å². The van der Waals surface area contributed by atoms with Gasteiger partial charge in [0, 0.05) is 11.1 Å². The molecule has 5 nitrogen and oxygen atoms in total. The van der Waals surface area contributed by atoms with Gasteiger partial charge in [0.05, 0.1) is 24.0 Å². The van der Waals surface area contributed by atoms with E-state index < -0.39 is 0 Å². The van der Waals surface area contributed by atoms with E-state index in [1.165, 1.54) is 22.2 Å². The molecule has 3 aromatic rings. The fourth-order valence-electron chi connectivity index (χ4n) is 3.04. The van der Waals surface area contributed by atoms with E-state index in [4.69, 9.17) is 0 Å². The zero-order valence-electron chi connectivity index (χ0n) is 12.0. The van der Waals surface area contributed by atoms with Crippen LogP contribution in [-0.2, 0) is 19.4 Å². The van der Waals surface area contributed by atoms with Crippen molar-refractivity contribution < 1.29 is 4.79 Å². The number of aryl methyl sites for hydroxylation is 2. The van der Waals surface area contributed by atoms with Crippen LogP contribution < -0.4 is 5.56 Å². The number of aromatic amines is 1. The molecule has 3 aromatic heterocycles. The Morgan fingerprint density at radius 3 is 3.05 bits per heavy atom. The van der Waals surface area contributed by atoms with Crippen LogP contribution in [0, 0.1) is 0 Å². The number of Topliss-reactive ketones (excluding diaryl/α,β-unsaturated/α-hetero) is 1. The Hall–Kier alpha value is -2.21. The van der Waals surface area contributed by atoms with Gasteiger partial charge in [-0.2, -0.15) is 0 Å². The lowest BCUT2D eigenvalue weighted by Crippen LogP contribution is -2.25. The van der Waals surface area contributed by atoms with Crippen LogP contribution in [0.1, 0.15) is 33.8 Å². The van der Waals surface area contributed by atoms with Gasteiger partial charge in [0.1, 0.15) is 4.83 Å². The van der Waals surface area contributed by atoms with Gasteiger partial charge in [-0.15, -0.1) is 11.3 Å². The molecule has 0 aliphatic heterocycles. The second-order valence-electron chi connectivity index (χ2n) is 5.58. The molecule has 0 aromatic carbocycles. The summed E-state index contributed by atoms with van der Waals surface area (Å²) in [7, 11) is 0. The molecule has 4 rings (SSSR count). The minimum absolute atomic E-state index is 0.0207. The topological polar surface area (TPSA) is 67.8 Å². The van der Waals surface area contributed by atoms with Crippen molar-refractivity contribution in [2.24, 2.45) is 0 Å². The SMILES string of the molecule is O=C(Cn1cnc2sc3c(c2c1=O)CCCC3)c1ccc[nH]1. The summed E-state index contributed by atoms with van der Waals surface area (Å²) < 4.78 is 1.42. The van der Waals surface area contributed by atoms with E-state index in [1.807, 2.05) is 0 Å². The highest BCUT2D eigenvalue weighted by Gasteiger charge is 2.20. The summed E-state index contributed by atoms with van der Waals surface area (Å²) in [5, 5.41) is 0.724. The van der Waals surface area contributed by atoms with Crippen LogP contribution >= 0.6 is 11.3 Å². The van der Waals surface area contributed by atoms with Crippen LogP contribution in [0.5, 0.6) is 0 Å². The molecule has 0 unspecified atom stereocenters. The fourth-order valence-corrected chi connectivity index (χ4v) is 4.26. The molecule has 0 radical (unpaired) electrons. The summed E-state index contributed by atoms with van der Waals surface area (Å²) >= 11 is 1.62. The predicted molar refractivity (Wildman–Crippen MR) is 85.6 cm³/mol. The maximum Gasteiger partial charge on any atom is 0.262 e. The van der Waals surface area contributed by atoms with Crippen molar-refractivity contribution in [3.05, 3.63) is 51.1 Å². The number of H-pyrrole nitrogens is 1. The molecule has 112 valence electrons. The summed E-state index contributed by atoms with van der Waals surface area (Å²) in [5.41, 5.74) is 1.58. The molecule has 0 fully saturated rings. The minimum Gasteiger partial charge on any atom is -0.359 e. The van der Waals surface area contributed by atoms with E-state index in [9.17, 15) is 9.59 Å². The van der Waals surface area contributed by atoms with Gasteiger partial charge >= 0.3 is 0 Å². The number of hydrogen-bond acceptors (Lipinski definition) is 4. The molecule has 22 heavy (non-hydrogen) atoms. The smallest absolute Gasteiger partial charge is 0.262 e. The zero-order chi connectivity index (χ0) is 15.1. The quantitative estimate of drug-likeness (QED) is 0.756. The summed E-state index contributed by atoms with van der Waals surface area (Å²) in [6, 6.07) is 3.48. The monoisotopic (exact) mass is 313 g/mol. The van der Waals surface area contributed by atoms with Crippen molar-refractivity contribution in [1.29, 1.82) is 0 Å². The predicted octanol–water partition coefficient (Wildman–Crippen LogP) is 2.55. The highest BCUT2D eigenvalue weighted by Crippen LogP contribution is 2.33. The molecule has 0 amide bonds. The number of nitrogens with zero attached hydrogens (tertiary/aromatic N) is 2. The molecule has 0 spiro atoms. The average molecular weight is 313 g/mol. The summed E-state index contributed by atoms with van der Waals surface area (Å²) in [5.74, 6) is -0.114. The van der Waals surface area contributed by atoms with Crippen LogP contribution in [0.25, 0.3) is 10.2 Å². The minimum atomic E-state index is -0.114. The number of nitrogens with one attached hydrogen (secondary N) is 1. The van der Waals surface area contributed by atoms with Crippen molar-refractivity contribution in [3.8, 4) is 0 Å². The van der Waals surface area contributed by atoms with Crippen LogP contribution in [-0.4, -0.2) is 20.3 Å². The van der Waals surface area contributed by atoms with Gasteiger partial charge in [-0.3, -0.25) is 14.2 Å². The van der Waals surface area contributed by atoms with Crippen molar-refractivity contribution in [2.45, 2.75) is 32.2 Å². The number of fused-ring (bicyclic) bond motifs is 3. The molecule has 1 N–H and O–H groups in total. The fraction of sp³-hybridized carbons (Fsp3) is 0.312. The van der Waals surface area contributed by atoms with Gasteiger partial charge in [0.25, 0.3) is 5.56 Å². The Balaban J connectivity index is 1.78. The van der Waals surface area contributed by atoms with Crippen molar-refractivity contribution in [2.75, 3.05) is 0 Å². The summed E-state index contributed by atoms with van der Waals surface area (Å²) in [6.07, 6.45) is 7.48. The standard InChI is InChI=1S/C16H15N3O2S/c20-12(11-5-3-7-17-11)8-19-9-18-15-14(16(19)21)10-4-1-2-6-13(10)22-15/h3,5,7,9,17H,1-2,4,6,8H2. The zero-order valence-corrected chi connectivity index (χ0v) is 12.8. The number of ketones is 1. The Labute approximate surface area is 130 Å². The van der Waals surface area contributed by atoms with E-state index in [0.29, 0.717) is 5.69 Å². The summed E-state index contributed by atoms with van der Waals surface area (Å²) in [6.45, 7) is 0.0207. The first kappa shape index (κ1) is 13.5. The number of aromatic nitrogens is 3. The lowest BCUT2D eigenvalue weighted by molar-refractivity contribution is 0.0966. The molecule has 1 aliphatic rings. The molecule has 3 heterocycles. The molecule has 0 atom stereocenters. The third-order valence-corrected chi connectivity index (χ3v) is 5.35. The Bertz CT molecular complexity index is 906. The van der Waals surface area contributed by atoms with Gasteiger partial charge in [0.2, 0.25) is 0 Å². The molecule has 1 aliphatic carbocycles. The van der Waals surface area contributed by atoms with Gasteiger partial charge in [-0.25, -0.2) is 4.98 Å². The first-order valence-electron chi connectivity index (χ1n) is 7.40. The van der Waals surface area contributed by atoms with Crippen molar-refractivity contribution in [1.82, 2.24) is 14.5 Å². The lowest BCUT2D eigenvalue weighted by Gasteiger charge is -2.10. The van der Waals surface area contributed by atoms with Crippen molar-refractivity contribution in [3.63, 3.8) is 0 Å². The Morgan fingerprint density at radius 1 is 1.36 bits per heavy atom. The second kappa shape index (κ2) is 5.21. The highest BCUT2D eigenvalue weighted by molar-refractivity contribution is 7.18. The Kier molecular flexibility index (Phi) is 3.18. The highest BCUT2D eigenvalue weighted by atomic mass is 32.1. The van der Waals surface area contributed by atoms with E-state index in [1.54, 1.807) is 29.7 Å².